The summed E-state index contributed by atoms with van der Waals surface area (Å²) in [5.74, 6) is -2.21. The zero-order valence-electron chi connectivity index (χ0n) is 9.59. The van der Waals surface area contributed by atoms with Crippen molar-refractivity contribution >= 4 is 0 Å². The number of rotatable bonds is 5. The molecule has 0 saturated carbocycles. The number of methoxy groups -OCH3 is 1. The fourth-order valence-electron chi connectivity index (χ4n) is 1.61. The molecule has 0 aliphatic heterocycles. The lowest BCUT2D eigenvalue weighted by Gasteiger charge is -2.17. The first-order chi connectivity index (χ1) is 7.55. The van der Waals surface area contributed by atoms with Gasteiger partial charge in [-0.2, -0.15) is 0 Å². The molecular formula is C12H17F2NO. The van der Waals surface area contributed by atoms with Gasteiger partial charge in [0.1, 0.15) is 5.75 Å². The van der Waals surface area contributed by atoms with Gasteiger partial charge in [0.15, 0.2) is 0 Å². The minimum atomic E-state index is -2.86. The number of alkyl halides is 2. The van der Waals surface area contributed by atoms with Crippen molar-refractivity contribution in [3.8, 4) is 5.75 Å². The van der Waals surface area contributed by atoms with E-state index in [2.05, 4.69) is 0 Å². The van der Waals surface area contributed by atoms with Crippen molar-refractivity contribution < 1.29 is 13.5 Å². The highest BCUT2D eigenvalue weighted by Gasteiger charge is 2.30. The van der Waals surface area contributed by atoms with Gasteiger partial charge in [-0.25, -0.2) is 8.78 Å². The van der Waals surface area contributed by atoms with E-state index in [0.717, 1.165) is 5.56 Å². The Labute approximate surface area is 94.4 Å². The number of aryl methyl sites for hydroxylation is 1. The van der Waals surface area contributed by atoms with Crippen LogP contribution >= 0.6 is 0 Å². The molecular weight excluding hydrogens is 212 g/mol. The van der Waals surface area contributed by atoms with E-state index in [1.54, 1.807) is 6.07 Å². The van der Waals surface area contributed by atoms with E-state index in [1.165, 1.54) is 19.2 Å². The molecule has 0 spiro atoms. The fraction of sp³-hybridized carbons (Fsp3) is 0.500. The fourth-order valence-corrected chi connectivity index (χ4v) is 1.61. The van der Waals surface area contributed by atoms with Crippen LogP contribution in [0.4, 0.5) is 8.78 Å². The second kappa shape index (κ2) is 5.25. The van der Waals surface area contributed by atoms with Gasteiger partial charge in [0, 0.05) is 12.0 Å². The van der Waals surface area contributed by atoms with Gasteiger partial charge in [-0.15, -0.1) is 0 Å². The van der Waals surface area contributed by atoms with E-state index in [9.17, 15) is 8.78 Å². The molecule has 1 aromatic carbocycles. The summed E-state index contributed by atoms with van der Waals surface area (Å²) < 4.78 is 32.3. The van der Waals surface area contributed by atoms with Gasteiger partial charge in [0.2, 0.25) is 0 Å². The van der Waals surface area contributed by atoms with Gasteiger partial charge in [-0.3, -0.25) is 0 Å². The predicted molar refractivity (Wildman–Crippen MR) is 59.9 cm³/mol. The standard InChI is InChI=1S/C12H17F2NO/c1-3-9-8-10(4-5-11(9)16-2)12(13,14)6-7-15/h4-5,8H,3,6-7,15H2,1-2H3. The number of hydrogen-bond donors (Lipinski definition) is 1. The van der Waals surface area contributed by atoms with Crippen molar-refractivity contribution in [2.24, 2.45) is 5.73 Å². The van der Waals surface area contributed by atoms with E-state index in [0.29, 0.717) is 12.2 Å². The van der Waals surface area contributed by atoms with Crippen LogP contribution in [0.15, 0.2) is 18.2 Å². The normalized spacial score (nSPS) is 11.6. The van der Waals surface area contributed by atoms with Crippen LogP contribution in [0.25, 0.3) is 0 Å². The molecule has 0 unspecified atom stereocenters. The highest BCUT2D eigenvalue weighted by atomic mass is 19.3. The lowest BCUT2D eigenvalue weighted by atomic mass is 10.0. The first-order valence-corrected chi connectivity index (χ1v) is 5.30. The number of halogens is 2. The Morgan fingerprint density at radius 3 is 2.56 bits per heavy atom. The lowest BCUT2D eigenvalue weighted by molar-refractivity contribution is -0.0108. The molecule has 0 bridgehead atoms. The third kappa shape index (κ3) is 2.70. The zero-order chi connectivity index (χ0) is 12.2. The largest absolute Gasteiger partial charge is 0.496 e. The quantitative estimate of drug-likeness (QED) is 0.842. The molecule has 0 aromatic heterocycles. The summed E-state index contributed by atoms with van der Waals surface area (Å²) in [6, 6.07) is 4.47. The minimum absolute atomic E-state index is 0.00981. The number of nitrogens with two attached hydrogens (primary N) is 1. The molecule has 90 valence electrons. The molecule has 16 heavy (non-hydrogen) atoms. The summed E-state index contributed by atoms with van der Waals surface area (Å²) in [5, 5.41) is 0. The first-order valence-electron chi connectivity index (χ1n) is 5.30. The van der Waals surface area contributed by atoms with Gasteiger partial charge in [0.25, 0.3) is 5.92 Å². The molecule has 2 N–H and O–H groups in total. The molecule has 0 atom stereocenters. The molecule has 0 saturated heterocycles. The second-order valence-corrected chi connectivity index (χ2v) is 3.62. The highest BCUT2D eigenvalue weighted by Crippen LogP contribution is 2.33. The Morgan fingerprint density at radius 1 is 1.38 bits per heavy atom. The number of ether oxygens (including phenoxy) is 1. The van der Waals surface area contributed by atoms with Gasteiger partial charge in [-0.1, -0.05) is 6.92 Å². The Balaban J connectivity index is 3.07. The van der Waals surface area contributed by atoms with Crippen LogP contribution in [0.5, 0.6) is 5.75 Å². The Bertz CT molecular complexity index is 353. The monoisotopic (exact) mass is 229 g/mol. The van der Waals surface area contributed by atoms with Crippen molar-refractivity contribution in [3.63, 3.8) is 0 Å². The van der Waals surface area contributed by atoms with E-state index in [-0.39, 0.29) is 18.5 Å². The van der Waals surface area contributed by atoms with Gasteiger partial charge < -0.3 is 10.5 Å². The van der Waals surface area contributed by atoms with Crippen LogP contribution in [-0.2, 0) is 12.3 Å². The third-order valence-electron chi connectivity index (χ3n) is 2.54. The lowest BCUT2D eigenvalue weighted by Crippen LogP contribution is -2.18. The predicted octanol–water partition coefficient (Wildman–Crippen LogP) is 2.70. The average molecular weight is 229 g/mol. The smallest absolute Gasteiger partial charge is 0.274 e. The summed E-state index contributed by atoms with van der Waals surface area (Å²) in [7, 11) is 1.53. The van der Waals surface area contributed by atoms with Crippen molar-refractivity contribution in [2.45, 2.75) is 25.7 Å². The topological polar surface area (TPSA) is 35.2 Å². The molecule has 0 aliphatic carbocycles. The summed E-state index contributed by atoms with van der Waals surface area (Å²) in [6.07, 6.45) is 0.332. The second-order valence-electron chi connectivity index (χ2n) is 3.62. The van der Waals surface area contributed by atoms with Crippen LogP contribution in [0.2, 0.25) is 0 Å². The van der Waals surface area contributed by atoms with Gasteiger partial charge in [0.05, 0.1) is 7.11 Å². The minimum Gasteiger partial charge on any atom is -0.496 e. The molecule has 1 rings (SSSR count). The number of hydrogen-bond acceptors (Lipinski definition) is 2. The molecule has 2 nitrogen and oxygen atoms in total. The van der Waals surface area contributed by atoms with E-state index in [1.807, 2.05) is 6.92 Å². The van der Waals surface area contributed by atoms with Crippen molar-refractivity contribution in [2.75, 3.05) is 13.7 Å². The SMILES string of the molecule is CCc1cc(C(F)(F)CCN)ccc1OC. The maximum absolute atomic E-state index is 13.6. The van der Waals surface area contributed by atoms with Crippen LogP contribution in [0, 0.1) is 0 Å². The molecule has 0 amide bonds. The molecule has 0 aliphatic rings. The van der Waals surface area contributed by atoms with Gasteiger partial charge >= 0.3 is 0 Å². The van der Waals surface area contributed by atoms with Crippen LogP contribution in [0.1, 0.15) is 24.5 Å². The summed E-state index contributed by atoms with van der Waals surface area (Å²) in [4.78, 5) is 0. The Morgan fingerprint density at radius 2 is 2.06 bits per heavy atom. The first kappa shape index (κ1) is 12.9. The van der Waals surface area contributed by atoms with E-state index >= 15 is 0 Å². The van der Waals surface area contributed by atoms with Crippen molar-refractivity contribution in [1.29, 1.82) is 0 Å². The molecule has 0 radical (unpaired) electrons. The molecule has 0 fully saturated rings. The molecule has 0 heterocycles. The maximum atomic E-state index is 13.6. The highest BCUT2D eigenvalue weighted by molar-refractivity contribution is 5.38. The molecule has 1 aromatic rings. The Hall–Kier alpha value is -1.16. The van der Waals surface area contributed by atoms with Crippen molar-refractivity contribution in [3.05, 3.63) is 29.3 Å². The average Bonchev–Trinajstić information content (AvgIpc) is 2.28. The summed E-state index contributed by atoms with van der Waals surface area (Å²) in [5.41, 5.74) is 5.97. The maximum Gasteiger partial charge on any atom is 0.274 e. The van der Waals surface area contributed by atoms with Gasteiger partial charge in [-0.05, 0) is 36.7 Å². The van der Waals surface area contributed by atoms with E-state index < -0.39 is 5.92 Å². The summed E-state index contributed by atoms with van der Waals surface area (Å²) in [6.45, 7) is 1.88. The van der Waals surface area contributed by atoms with Crippen molar-refractivity contribution in [1.82, 2.24) is 0 Å². The number of benzene rings is 1. The van der Waals surface area contributed by atoms with Crippen LogP contribution < -0.4 is 10.5 Å². The summed E-state index contributed by atoms with van der Waals surface area (Å²) >= 11 is 0. The Kier molecular flexibility index (Phi) is 4.24. The van der Waals surface area contributed by atoms with E-state index in [4.69, 9.17) is 10.5 Å². The zero-order valence-corrected chi connectivity index (χ0v) is 9.59. The molecule has 4 heteroatoms. The van der Waals surface area contributed by atoms with Crippen LogP contribution in [0.3, 0.4) is 0 Å². The van der Waals surface area contributed by atoms with Crippen LogP contribution in [-0.4, -0.2) is 13.7 Å². The third-order valence-corrected chi connectivity index (χ3v) is 2.54.